The third-order valence-corrected chi connectivity index (χ3v) is 4.47. The molecule has 0 aromatic heterocycles. The van der Waals surface area contributed by atoms with Gasteiger partial charge < -0.3 is 15.0 Å². The molecule has 0 saturated carbocycles. The summed E-state index contributed by atoms with van der Waals surface area (Å²) in [6.07, 6.45) is 0.557. The quantitative estimate of drug-likeness (QED) is 0.877. The molecule has 0 aliphatic carbocycles. The van der Waals surface area contributed by atoms with Gasteiger partial charge in [0.1, 0.15) is 5.82 Å². The lowest BCUT2D eigenvalue weighted by Crippen LogP contribution is -2.37. The molecule has 1 N–H and O–H groups in total. The standard InChI is InChI=1S/C19H20ClFN2O2/c20-15-5-3-7-17(19(15)23-10-12-25-13-11-23)22-18(24)9-8-14-4-1-2-6-16(14)21/h1-7H,8-13H2,(H,22,24). The number of aryl methyl sites for hydroxylation is 1. The molecule has 0 unspecified atom stereocenters. The number of hydrogen-bond acceptors (Lipinski definition) is 3. The number of amides is 1. The summed E-state index contributed by atoms with van der Waals surface area (Å²) in [4.78, 5) is 14.4. The predicted molar refractivity (Wildman–Crippen MR) is 97.8 cm³/mol. The summed E-state index contributed by atoms with van der Waals surface area (Å²) in [5.41, 5.74) is 2.02. The fraction of sp³-hybridized carbons (Fsp3) is 0.316. The van der Waals surface area contributed by atoms with E-state index in [9.17, 15) is 9.18 Å². The van der Waals surface area contributed by atoms with E-state index in [2.05, 4.69) is 10.2 Å². The SMILES string of the molecule is O=C(CCc1ccccc1F)Nc1cccc(Cl)c1N1CCOCC1. The molecule has 1 heterocycles. The molecule has 0 spiro atoms. The molecule has 4 nitrogen and oxygen atoms in total. The van der Waals surface area contributed by atoms with E-state index >= 15 is 0 Å². The van der Waals surface area contributed by atoms with Crippen molar-refractivity contribution < 1.29 is 13.9 Å². The minimum atomic E-state index is -0.285. The highest BCUT2D eigenvalue weighted by Gasteiger charge is 2.19. The Hall–Kier alpha value is -2.11. The van der Waals surface area contributed by atoms with Gasteiger partial charge in [-0.3, -0.25) is 4.79 Å². The van der Waals surface area contributed by atoms with Crippen LogP contribution in [0.4, 0.5) is 15.8 Å². The normalized spacial score (nSPS) is 14.4. The molecular weight excluding hydrogens is 343 g/mol. The predicted octanol–water partition coefficient (Wildman–Crippen LogP) is 3.89. The average molecular weight is 363 g/mol. The van der Waals surface area contributed by atoms with Gasteiger partial charge in [0, 0.05) is 19.5 Å². The van der Waals surface area contributed by atoms with E-state index in [0.29, 0.717) is 35.9 Å². The monoisotopic (exact) mass is 362 g/mol. The number of carbonyl (C=O) groups is 1. The van der Waals surface area contributed by atoms with Gasteiger partial charge >= 0.3 is 0 Å². The van der Waals surface area contributed by atoms with Crippen LogP contribution in [0.15, 0.2) is 42.5 Å². The van der Waals surface area contributed by atoms with E-state index in [1.165, 1.54) is 6.07 Å². The second kappa shape index (κ2) is 8.32. The van der Waals surface area contributed by atoms with Gasteiger partial charge in [0.05, 0.1) is 29.6 Å². The minimum absolute atomic E-state index is 0.167. The first-order valence-corrected chi connectivity index (χ1v) is 8.67. The number of ether oxygens (including phenoxy) is 1. The molecule has 2 aromatic carbocycles. The van der Waals surface area contributed by atoms with E-state index in [1.807, 2.05) is 6.07 Å². The van der Waals surface area contributed by atoms with Gasteiger partial charge in [-0.15, -0.1) is 0 Å². The van der Waals surface area contributed by atoms with Crippen LogP contribution in [0.2, 0.25) is 5.02 Å². The molecule has 1 fully saturated rings. The van der Waals surface area contributed by atoms with Gasteiger partial charge in [-0.1, -0.05) is 35.9 Å². The zero-order valence-electron chi connectivity index (χ0n) is 13.8. The molecule has 6 heteroatoms. The number of nitrogens with zero attached hydrogens (tertiary/aromatic N) is 1. The number of nitrogens with one attached hydrogen (secondary N) is 1. The highest BCUT2D eigenvalue weighted by atomic mass is 35.5. The summed E-state index contributed by atoms with van der Waals surface area (Å²) in [5.74, 6) is -0.452. The van der Waals surface area contributed by atoms with Crippen molar-refractivity contribution in [3.05, 3.63) is 58.9 Å². The van der Waals surface area contributed by atoms with Crippen LogP contribution in [-0.4, -0.2) is 32.2 Å². The van der Waals surface area contributed by atoms with Crippen molar-refractivity contribution in [1.82, 2.24) is 0 Å². The molecule has 0 atom stereocenters. The topological polar surface area (TPSA) is 41.6 Å². The van der Waals surface area contributed by atoms with Gasteiger partial charge in [0.25, 0.3) is 0 Å². The second-order valence-electron chi connectivity index (χ2n) is 5.88. The first-order chi connectivity index (χ1) is 12.1. The molecule has 1 saturated heterocycles. The summed E-state index contributed by atoms with van der Waals surface area (Å²) >= 11 is 6.36. The van der Waals surface area contributed by atoms with Crippen molar-refractivity contribution in [1.29, 1.82) is 0 Å². The van der Waals surface area contributed by atoms with Crippen LogP contribution in [0.3, 0.4) is 0 Å². The number of halogens is 2. The maximum Gasteiger partial charge on any atom is 0.224 e. The lowest BCUT2D eigenvalue weighted by atomic mass is 10.1. The average Bonchev–Trinajstić information content (AvgIpc) is 2.62. The first-order valence-electron chi connectivity index (χ1n) is 8.29. The molecule has 0 radical (unpaired) electrons. The van der Waals surface area contributed by atoms with Gasteiger partial charge in [-0.05, 0) is 30.2 Å². The number of morpholine rings is 1. The summed E-state index contributed by atoms with van der Waals surface area (Å²) < 4.78 is 19.0. The summed E-state index contributed by atoms with van der Waals surface area (Å²) in [6, 6.07) is 11.9. The Morgan fingerprint density at radius 2 is 1.92 bits per heavy atom. The zero-order chi connectivity index (χ0) is 17.6. The van der Waals surface area contributed by atoms with Gasteiger partial charge in [-0.25, -0.2) is 4.39 Å². The van der Waals surface area contributed by atoms with E-state index in [-0.39, 0.29) is 18.1 Å². The van der Waals surface area contributed by atoms with Crippen LogP contribution in [0.5, 0.6) is 0 Å². The van der Waals surface area contributed by atoms with Crippen molar-refractivity contribution >= 4 is 28.9 Å². The van der Waals surface area contributed by atoms with Crippen LogP contribution in [-0.2, 0) is 16.0 Å². The van der Waals surface area contributed by atoms with Crippen molar-refractivity contribution in [2.45, 2.75) is 12.8 Å². The third kappa shape index (κ3) is 4.50. The summed E-state index contributed by atoms with van der Waals surface area (Å²) in [5, 5.41) is 3.50. The molecule has 1 aliphatic heterocycles. The number of anilines is 2. The Balaban J connectivity index is 1.68. The van der Waals surface area contributed by atoms with E-state index < -0.39 is 0 Å². The Morgan fingerprint density at radius 1 is 1.16 bits per heavy atom. The van der Waals surface area contributed by atoms with Crippen molar-refractivity contribution in [2.75, 3.05) is 36.5 Å². The Kier molecular flexibility index (Phi) is 5.89. The van der Waals surface area contributed by atoms with Gasteiger partial charge in [0.2, 0.25) is 5.91 Å². The van der Waals surface area contributed by atoms with Crippen molar-refractivity contribution in [3.63, 3.8) is 0 Å². The largest absolute Gasteiger partial charge is 0.378 e. The summed E-state index contributed by atoms with van der Waals surface area (Å²) in [7, 11) is 0. The van der Waals surface area contributed by atoms with E-state index in [4.69, 9.17) is 16.3 Å². The molecule has 2 aromatic rings. The fourth-order valence-corrected chi connectivity index (χ4v) is 3.18. The highest BCUT2D eigenvalue weighted by molar-refractivity contribution is 6.34. The third-order valence-electron chi connectivity index (χ3n) is 4.17. The van der Waals surface area contributed by atoms with Gasteiger partial charge in [-0.2, -0.15) is 0 Å². The lowest BCUT2D eigenvalue weighted by molar-refractivity contribution is -0.116. The first kappa shape index (κ1) is 17.7. The smallest absolute Gasteiger partial charge is 0.224 e. The lowest BCUT2D eigenvalue weighted by Gasteiger charge is -2.31. The van der Waals surface area contributed by atoms with E-state index in [1.54, 1.807) is 30.3 Å². The fourth-order valence-electron chi connectivity index (χ4n) is 2.89. The van der Waals surface area contributed by atoms with Crippen LogP contribution >= 0.6 is 11.6 Å². The van der Waals surface area contributed by atoms with Crippen molar-refractivity contribution in [3.8, 4) is 0 Å². The van der Waals surface area contributed by atoms with Crippen LogP contribution < -0.4 is 10.2 Å². The number of benzene rings is 2. The molecule has 25 heavy (non-hydrogen) atoms. The van der Waals surface area contributed by atoms with Gasteiger partial charge in [0.15, 0.2) is 0 Å². The maximum absolute atomic E-state index is 13.7. The minimum Gasteiger partial charge on any atom is -0.378 e. The van der Waals surface area contributed by atoms with Crippen LogP contribution in [0, 0.1) is 5.82 Å². The molecule has 132 valence electrons. The number of carbonyl (C=O) groups excluding carboxylic acids is 1. The molecular formula is C19H20ClFN2O2. The zero-order valence-corrected chi connectivity index (χ0v) is 14.6. The van der Waals surface area contributed by atoms with E-state index in [0.717, 1.165) is 18.8 Å². The second-order valence-corrected chi connectivity index (χ2v) is 6.28. The number of para-hydroxylation sites is 1. The Labute approximate surface area is 151 Å². The number of hydrogen-bond donors (Lipinski definition) is 1. The molecule has 3 rings (SSSR count). The van der Waals surface area contributed by atoms with Crippen molar-refractivity contribution in [2.24, 2.45) is 0 Å². The molecule has 1 amide bonds. The van der Waals surface area contributed by atoms with Crippen LogP contribution in [0.1, 0.15) is 12.0 Å². The summed E-state index contributed by atoms with van der Waals surface area (Å²) in [6.45, 7) is 2.71. The Morgan fingerprint density at radius 3 is 2.68 bits per heavy atom. The number of rotatable bonds is 5. The van der Waals surface area contributed by atoms with Crippen LogP contribution in [0.25, 0.3) is 0 Å². The highest BCUT2D eigenvalue weighted by Crippen LogP contribution is 2.34. The molecule has 0 bridgehead atoms. The maximum atomic E-state index is 13.7. The Bertz CT molecular complexity index is 748. The molecule has 1 aliphatic rings.